The number of rotatable bonds is 9. The summed E-state index contributed by atoms with van der Waals surface area (Å²) in [6.45, 7) is 4.21. The Hall–Kier alpha value is -1.72. The van der Waals surface area contributed by atoms with Gasteiger partial charge >= 0.3 is 0 Å². The van der Waals surface area contributed by atoms with Gasteiger partial charge < -0.3 is 0 Å². The molecule has 2 amide bonds. The second kappa shape index (κ2) is 9.61. The highest BCUT2D eigenvalue weighted by Gasteiger charge is 2.39. The number of carbonyl (C=O) groups excluding carboxylic acids is 2. The molecule has 0 aromatic heterocycles. The summed E-state index contributed by atoms with van der Waals surface area (Å²) in [6.07, 6.45) is 15.4. The predicted molar refractivity (Wildman–Crippen MR) is 119 cm³/mol. The summed E-state index contributed by atoms with van der Waals surface area (Å²) in [7, 11) is 0. The zero-order valence-electron chi connectivity index (χ0n) is 18.6. The van der Waals surface area contributed by atoms with Gasteiger partial charge in [0.15, 0.2) is 0 Å². The fourth-order valence-corrected chi connectivity index (χ4v) is 6.38. The van der Waals surface area contributed by atoms with Crippen molar-refractivity contribution in [2.45, 2.75) is 78.1 Å². The highest BCUT2D eigenvalue weighted by molar-refractivity contribution is 6.00. The van der Waals surface area contributed by atoms with Crippen molar-refractivity contribution in [3.05, 3.63) is 0 Å². The van der Waals surface area contributed by atoms with Crippen LogP contribution in [0.15, 0.2) is 10.2 Å². The Bertz CT molecular complexity index is 637. The molecule has 0 saturated heterocycles. The largest absolute Gasteiger partial charge is 0.272 e. The molecule has 30 heavy (non-hydrogen) atoms. The van der Waals surface area contributed by atoms with Crippen LogP contribution in [0.2, 0.25) is 0 Å². The number of hydrogen-bond acceptors (Lipinski definition) is 4. The van der Waals surface area contributed by atoms with E-state index < -0.39 is 5.92 Å². The molecular formula is C24H38N4O2. The lowest BCUT2D eigenvalue weighted by Crippen LogP contribution is -2.38. The maximum atomic E-state index is 12.7. The Morgan fingerprint density at radius 2 is 1.30 bits per heavy atom. The fourth-order valence-electron chi connectivity index (χ4n) is 6.38. The second-order valence-corrected chi connectivity index (χ2v) is 10.7. The molecule has 4 fully saturated rings. The van der Waals surface area contributed by atoms with Crippen LogP contribution in [0.25, 0.3) is 0 Å². The van der Waals surface area contributed by atoms with Crippen LogP contribution in [-0.2, 0) is 9.59 Å². The number of hydrogen-bond donors (Lipinski definition) is 2. The molecule has 4 aliphatic rings. The highest BCUT2D eigenvalue weighted by Crippen LogP contribution is 2.48. The van der Waals surface area contributed by atoms with Crippen molar-refractivity contribution < 1.29 is 9.59 Å². The van der Waals surface area contributed by atoms with Crippen molar-refractivity contribution in [3.8, 4) is 0 Å². The average Bonchev–Trinajstić information content (AvgIpc) is 3.49. The van der Waals surface area contributed by atoms with Gasteiger partial charge in [0, 0.05) is 12.4 Å². The zero-order valence-corrected chi connectivity index (χ0v) is 18.6. The number of carbonyl (C=O) groups is 2. The van der Waals surface area contributed by atoms with E-state index in [1.165, 1.54) is 51.4 Å². The van der Waals surface area contributed by atoms with Crippen molar-refractivity contribution in [2.75, 3.05) is 0 Å². The van der Waals surface area contributed by atoms with E-state index in [-0.39, 0.29) is 11.8 Å². The number of fused-ring (bicyclic) bond motifs is 4. The van der Waals surface area contributed by atoms with Gasteiger partial charge in [-0.3, -0.25) is 9.59 Å². The van der Waals surface area contributed by atoms with E-state index in [1.54, 1.807) is 0 Å². The lowest BCUT2D eigenvalue weighted by molar-refractivity contribution is -0.135. The molecule has 0 radical (unpaired) electrons. The molecule has 0 aliphatic heterocycles. The molecule has 7 atom stereocenters. The molecule has 0 aromatic carbocycles. The lowest BCUT2D eigenvalue weighted by atomic mass is 9.90. The first kappa shape index (κ1) is 21.5. The van der Waals surface area contributed by atoms with Crippen LogP contribution >= 0.6 is 0 Å². The van der Waals surface area contributed by atoms with Crippen LogP contribution in [0.3, 0.4) is 0 Å². The minimum Gasteiger partial charge on any atom is -0.272 e. The van der Waals surface area contributed by atoms with Gasteiger partial charge in [0.1, 0.15) is 5.92 Å². The van der Waals surface area contributed by atoms with Gasteiger partial charge in [-0.2, -0.15) is 10.2 Å². The van der Waals surface area contributed by atoms with Gasteiger partial charge in [0.25, 0.3) is 11.8 Å². The van der Waals surface area contributed by atoms with E-state index >= 15 is 0 Å². The van der Waals surface area contributed by atoms with Gasteiger partial charge in [-0.15, -0.1) is 0 Å². The molecule has 166 valence electrons. The van der Waals surface area contributed by atoms with Gasteiger partial charge in [-0.25, -0.2) is 10.9 Å². The third-order valence-corrected chi connectivity index (χ3v) is 8.13. The van der Waals surface area contributed by atoms with Crippen LogP contribution in [-0.4, -0.2) is 24.2 Å². The molecule has 6 heteroatoms. The van der Waals surface area contributed by atoms with Gasteiger partial charge in [0.05, 0.1) is 0 Å². The first-order chi connectivity index (χ1) is 14.5. The van der Waals surface area contributed by atoms with E-state index in [1.807, 2.05) is 12.4 Å². The molecule has 2 N–H and O–H groups in total. The summed E-state index contributed by atoms with van der Waals surface area (Å²) in [6, 6.07) is 0. The number of nitrogens with one attached hydrogen (secondary N) is 2. The predicted octanol–water partition coefficient (Wildman–Crippen LogP) is 4.12. The van der Waals surface area contributed by atoms with Crippen LogP contribution in [0.5, 0.6) is 0 Å². The van der Waals surface area contributed by atoms with Crippen LogP contribution in [0.4, 0.5) is 0 Å². The van der Waals surface area contributed by atoms with Gasteiger partial charge in [-0.05, 0) is 92.8 Å². The van der Waals surface area contributed by atoms with Crippen molar-refractivity contribution in [1.29, 1.82) is 0 Å². The van der Waals surface area contributed by atoms with Gasteiger partial charge in [-0.1, -0.05) is 26.7 Å². The Morgan fingerprint density at radius 3 is 1.67 bits per heavy atom. The Morgan fingerprint density at radius 1 is 0.800 bits per heavy atom. The third kappa shape index (κ3) is 5.12. The smallest absolute Gasteiger partial charge is 0.252 e. The normalized spacial score (nSPS) is 35.7. The Labute approximate surface area is 180 Å². The lowest BCUT2D eigenvalue weighted by Gasteiger charge is -2.18. The topological polar surface area (TPSA) is 82.9 Å². The van der Waals surface area contributed by atoms with E-state index in [0.717, 1.165) is 30.1 Å². The molecular weight excluding hydrogens is 376 g/mol. The van der Waals surface area contributed by atoms with E-state index in [4.69, 9.17) is 0 Å². The fraction of sp³-hybridized carbons (Fsp3) is 0.833. The standard InChI is InChI=1S/C24H38N4O2/c1-15(2)3-8-22(23(29)27-25-13-20-11-16-4-6-18(20)9-16)24(30)28-26-14-21-12-17-5-7-19(21)10-17/h13-22H,3-12H2,1-2H3,(H,27,29)(H,28,30)/b25-13-,26-14-/t16-,17-,18-,19-,20-,21+,22?/m1/s1. The Balaban J connectivity index is 1.28. The molecule has 4 saturated carbocycles. The van der Waals surface area contributed by atoms with Crippen LogP contribution < -0.4 is 10.9 Å². The number of nitrogens with zero attached hydrogens (tertiary/aromatic N) is 2. The minimum absolute atomic E-state index is 0.317. The molecule has 0 spiro atoms. The molecule has 0 aromatic rings. The summed E-state index contributed by atoms with van der Waals surface area (Å²) in [5, 5.41) is 8.46. The average molecular weight is 415 g/mol. The van der Waals surface area contributed by atoms with Crippen LogP contribution in [0, 0.1) is 47.3 Å². The second-order valence-electron chi connectivity index (χ2n) is 10.7. The molecule has 4 bridgehead atoms. The van der Waals surface area contributed by atoms with E-state index in [0.29, 0.717) is 24.2 Å². The first-order valence-electron chi connectivity index (χ1n) is 12.2. The molecule has 1 unspecified atom stereocenters. The van der Waals surface area contributed by atoms with E-state index in [9.17, 15) is 9.59 Å². The molecule has 0 heterocycles. The van der Waals surface area contributed by atoms with Gasteiger partial charge in [0.2, 0.25) is 0 Å². The summed E-state index contributed by atoms with van der Waals surface area (Å²) in [5.41, 5.74) is 5.29. The van der Waals surface area contributed by atoms with Crippen molar-refractivity contribution in [1.82, 2.24) is 10.9 Å². The third-order valence-electron chi connectivity index (χ3n) is 8.13. The highest BCUT2D eigenvalue weighted by atomic mass is 16.2. The molecule has 6 nitrogen and oxygen atoms in total. The summed E-state index contributed by atoms with van der Waals surface area (Å²) < 4.78 is 0. The number of amides is 2. The maximum absolute atomic E-state index is 12.7. The van der Waals surface area contributed by atoms with Crippen molar-refractivity contribution >= 4 is 24.2 Å². The van der Waals surface area contributed by atoms with Crippen LogP contribution in [0.1, 0.15) is 78.1 Å². The zero-order chi connectivity index (χ0) is 21.1. The Kier molecular flexibility index (Phi) is 6.89. The minimum atomic E-state index is -0.748. The molecule has 4 rings (SSSR count). The summed E-state index contributed by atoms with van der Waals surface area (Å²) in [5.74, 6) is 3.18. The summed E-state index contributed by atoms with van der Waals surface area (Å²) >= 11 is 0. The summed E-state index contributed by atoms with van der Waals surface area (Å²) in [4.78, 5) is 25.4. The van der Waals surface area contributed by atoms with E-state index in [2.05, 4.69) is 34.9 Å². The SMILES string of the molecule is CC(C)CCC(C(=O)N/N=C\[C@@H]1C[C@@H]2CC[C@@H]1C2)C(=O)N/N=C\[C@H]1C[C@@H]2CC[C@@H]1C2. The van der Waals surface area contributed by atoms with Crippen molar-refractivity contribution in [3.63, 3.8) is 0 Å². The monoisotopic (exact) mass is 414 g/mol. The van der Waals surface area contributed by atoms with Crippen molar-refractivity contribution in [2.24, 2.45) is 57.5 Å². The molecule has 4 aliphatic carbocycles. The first-order valence-corrected chi connectivity index (χ1v) is 12.2. The quantitative estimate of drug-likeness (QED) is 0.338. The maximum Gasteiger partial charge on any atom is 0.252 e. The number of hydrazone groups is 2.